The molecule has 1 atom stereocenters. The van der Waals surface area contributed by atoms with Crippen LogP contribution >= 0.6 is 0 Å². The molecule has 0 spiro atoms. The Hall–Kier alpha value is -2.57. The van der Waals surface area contributed by atoms with Crippen LogP contribution in [0.4, 0.5) is 10.6 Å². The first-order valence-corrected chi connectivity index (χ1v) is 8.79. The Bertz CT molecular complexity index is 638. The van der Waals surface area contributed by atoms with Crippen LogP contribution in [0.15, 0.2) is 24.4 Å². The molecule has 2 aliphatic rings. The van der Waals surface area contributed by atoms with Crippen LogP contribution in [-0.2, 0) is 4.79 Å². The van der Waals surface area contributed by atoms with Crippen LogP contribution in [0.1, 0.15) is 31.2 Å². The first-order valence-electron chi connectivity index (χ1n) is 8.79. The number of carbonyl (C=O) groups excluding carboxylic acids is 1. The molecule has 7 nitrogen and oxygen atoms in total. The fourth-order valence-electron chi connectivity index (χ4n) is 3.30. The van der Waals surface area contributed by atoms with E-state index >= 15 is 0 Å². The molecule has 0 aliphatic carbocycles. The lowest BCUT2D eigenvalue weighted by Crippen LogP contribution is -2.45. The van der Waals surface area contributed by atoms with Crippen molar-refractivity contribution in [2.75, 3.05) is 31.5 Å². The standard InChI is InChI=1S/C18H24N4O3/c23-17(24)7-5-14-4-6-16(19-12-14)20-15-8-11-22(13-15)18(25)21-9-2-1-3-10-21/h4-7,12,15H,1-3,8-11,13H2,(H,19,20)(H,23,24)/b7-5+/t15-/m1/s1. The van der Waals surface area contributed by atoms with Crippen molar-refractivity contribution in [3.05, 3.63) is 30.0 Å². The molecule has 2 amide bonds. The van der Waals surface area contributed by atoms with Crippen molar-refractivity contribution in [1.82, 2.24) is 14.8 Å². The third-order valence-electron chi connectivity index (χ3n) is 4.64. The Balaban J connectivity index is 1.51. The number of urea groups is 1. The molecule has 0 aromatic carbocycles. The summed E-state index contributed by atoms with van der Waals surface area (Å²) in [6, 6.07) is 4.00. The highest BCUT2D eigenvalue weighted by Crippen LogP contribution is 2.18. The van der Waals surface area contributed by atoms with E-state index in [9.17, 15) is 9.59 Å². The molecular formula is C18H24N4O3. The SMILES string of the molecule is O=C(O)/C=C/c1ccc(N[C@@H]2CCN(C(=O)N3CCCCC3)C2)nc1. The number of aliphatic carboxylic acids is 1. The van der Waals surface area contributed by atoms with Gasteiger partial charge in [-0.15, -0.1) is 0 Å². The second kappa shape index (κ2) is 8.00. The second-order valence-electron chi connectivity index (χ2n) is 6.55. The zero-order chi connectivity index (χ0) is 17.6. The average molecular weight is 344 g/mol. The van der Waals surface area contributed by atoms with Gasteiger partial charge in [0.1, 0.15) is 5.82 Å². The first kappa shape index (κ1) is 17.3. The highest BCUT2D eigenvalue weighted by Gasteiger charge is 2.29. The summed E-state index contributed by atoms with van der Waals surface area (Å²) in [5, 5.41) is 12.0. The fraction of sp³-hybridized carbons (Fsp3) is 0.500. The van der Waals surface area contributed by atoms with Crippen LogP contribution in [-0.4, -0.2) is 64.1 Å². The van der Waals surface area contributed by atoms with Crippen molar-refractivity contribution >= 4 is 23.9 Å². The number of nitrogens with one attached hydrogen (secondary N) is 1. The highest BCUT2D eigenvalue weighted by molar-refractivity contribution is 5.85. The van der Waals surface area contributed by atoms with Crippen molar-refractivity contribution in [1.29, 1.82) is 0 Å². The van der Waals surface area contributed by atoms with Gasteiger partial charge in [0.05, 0.1) is 0 Å². The van der Waals surface area contributed by atoms with Gasteiger partial charge in [-0.3, -0.25) is 0 Å². The zero-order valence-corrected chi connectivity index (χ0v) is 14.2. The fourth-order valence-corrected chi connectivity index (χ4v) is 3.30. The maximum absolute atomic E-state index is 12.5. The van der Waals surface area contributed by atoms with E-state index in [4.69, 9.17) is 5.11 Å². The summed E-state index contributed by atoms with van der Waals surface area (Å²) in [6.45, 7) is 3.21. The van der Waals surface area contributed by atoms with Crippen LogP contribution in [0.3, 0.4) is 0 Å². The first-order chi connectivity index (χ1) is 12.1. The quantitative estimate of drug-likeness (QED) is 0.819. The van der Waals surface area contributed by atoms with E-state index in [2.05, 4.69) is 10.3 Å². The summed E-state index contributed by atoms with van der Waals surface area (Å²) >= 11 is 0. The molecular weight excluding hydrogens is 320 g/mol. The van der Waals surface area contributed by atoms with E-state index in [1.54, 1.807) is 6.20 Å². The predicted molar refractivity (Wildman–Crippen MR) is 95.3 cm³/mol. The van der Waals surface area contributed by atoms with Crippen molar-refractivity contribution < 1.29 is 14.7 Å². The molecule has 3 rings (SSSR count). The molecule has 1 aromatic rings. The number of anilines is 1. The van der Waals surface area contributed by atoms with Gasteiger partial charge in [-0.2, -0.15) is 0 Å². The Morgan fingerprint density at radius 3 is 2.64 bits per heavy atom. The normalized spacial score (nSPS) is 20.9. The zero-order valence-electron chi connectivity index (χ0n) is 14.2. The van der Waals surface area contributed by atoms with E-state index in [0.717, 1.165) is 56.4 Å². The molecule has 2 fully saturated rings. The van der Waals surface area contributed by atoms with Gasteiger partial charge < -0.3 is 20.2 Å². The van der Waals surface area contributed by atoms with Gasteiger partial charge in [0, 0.05) is 44.5 Å². The summed E-state index contributed by atoms with van der Waals surface area (Å²) in [6.07, 6.45) is 8.56. The van der Waals surface area contributed by atoms with E-state index in [0.29, 0.717) is 6.54 Å². The van der Waals surface area contributed by atoms with Crippen LogP contribution in [0, 0.1) is 0 Å². The minimum atomic E-state index is -0.980. The number of nitrogens with zero attached hydrogens (tertiary/aromatic N) is 3. The minimum Gasteiger partial charge on any atom is -0.478 e. The van der Waals surface area contributed by atoms with Crippen LogP contribution < -0.4 is 5.32 Å². The summed E-state index contributed by atoms with van der Waals surface area (Å²) in [5.41, 5.74) is 0.737. The number of rotatable bonds is 4. The Kier molecular flexibility index (Phi) is 5.53. The number of pyridine rings is 1. The number of hydrogen-bond donors (Lipinski definition) is 2. The second-order valence-corrected chi connectivity index (χ2v) is 6.55. The molecule has 0 unspecified atom stereocenters. The van der Waals surface area contributed by atoms with E-state index < -0.39 is 5.97 Å². The van der Waals surface area contributed by atoms with Crippen LogP contribution in [0.5, 0.6) is 0 Å². The predicted octanol–water partition coefficient (Wildman–Crippen LogP) is 2.27. The number of carboxylic acids is 1. The summed E-state index contributed by atoms with van der Waals surface area (Å²) in [5.74, 6) is -0.239. The Labute approximate surface area is 147 Å². The van der Waals surface area contributed by atoms with Gasteiger partial charge >= 0.3 is 12.0 Å². The van der Waals surface area contributed by atoms with E-state index in [1.165, 1.54) is 12.5 Å². The molecule has 7 heteroatoms. The molecule has 1 aromatic heterocycles. The van der Waals surface area contributed by atoms with Crippen LogP contribution in [0.25, 0.3) is 6.08 Å². The minimum absolute atomic E-state index is 0.158. The number of aromatic nitrogens is 1. The van der Waals surface area contributed by atoms with Crippen LogP contribution in [0.2, 0.25) is 0 Å². The molecule has 0 radical (unpaired) electrons. The molecule has 0 saturated carbocycles. The maximum atomic E-state index is 12.5. The summed E-state index contributed by atoms with van der Waals surface area (Å²) < 4.78 is 0. The van der Waals surface area contributed by atoms with Crippen molar-refractivity contribution in [3.8, 4) is 0 Å². The van der Waals surface area contributed by atoms with E-state index in [1.807, 2.05) is 21.9 Å². The molecule has 25 heavy (non-hydrogen) atoms. The molecule has 134 valence electrons. The lowest BCUT2D eigenvalue weighted by Gasteiger charge is -2.31. The number of likely N-dealkylation sites (tertiary alicyclic amines) is 2. The Morgan fingerprint density at radius 1 is 1.16 bits per heavy atom. The van der Waals surface area contributed by atoms with Gasteiger partial charge in [0.15, 0.2) is 0 Å². The van der Waals surface area contributed by atoms with Crippen molar-refractivity contribution in [2.24, 2.45) is 0 Å². The number of amides is 2. The molecule has 3 heterocycles. The van der Waals surface area contributed by atoms with Gasteiger partial charge in [-0.05, 0) is 49.5 Å². The van der Waals surface area contributed by atoms with Gasteiger partial charge in [-0.25, -0.2) is 14.6 Å². The maximum Gasteiger partial charge on any atom is 0.328 e. The van der Waals surface area contributed by atoms with Gasteiger partial charge in [0.2, 0.25) is 0 Å². The largest absolute Gasteiger partial charge is 0.478 e. The lowest BCUT2D eigenvalue weighted by atomic mass is 10.1. The third-order valence-corrected chi connectivity index (χ3v) is 4.64. The smallest absolute Gasteiger partial charge is 0.328 e. The third kappa shape index (κ3) is 4.71. The Morgan fingerprint density at radius 2 is 1.96 bits per heavy atom. The monoisotopic (exact) mass is 344 g/mol. The number of carbonyl (C=O) groups is 2. The highest BCUT2D eigenvalue weighted by atomic mass is 16.4. The summed E-state index contributed by atoms with van der Waals surface area (Å²) in [4.78, 5) is 31.2. The number of carboxylic acid groups (broad SMARTS) is 1. The molecule has 2 N–H and O–H groups in total. The summed E-state index contributed by atoms with van der Waals surface area (Å²) in [7, 11) is 0. The van der Waals surface area contributed by atoms with E-state index in [-0.39, 0.29) is 12.1 Å². The lowest BCUT2D eigenvalue weighted by molar-refractivity contribution is -0.131. The van der Waals surface area contributed by atoms with Gasteiger partial charge in [0.25, 0.3) is 0 Å². The molecule has 2 aliphatic heterocycles. The average Bonchev–Trinajstić information content (AvgIpc) is 3.09. The van der Waals surface area contributed by atoms with Gasteiger partial charge in [-0.1, -0.05) is 0 Å². The molecule has 2 saturated heterocycles. The van der Waals surface area contributed by atoms with Crippen molar-refractivity contribution in [3.63, 3.8) is 0 Å². The number of piperidine rings is 1. The topological polar surface area (TPSA) is 85.8 Å². The number of hydrogen-bond acceptors (Lipinski definition) is 4. The molecule has 0 bridgehead atoms. The van der Waals surface area contributed by atoms with Crippen molar-refractivity contribution in [2.45, 2.75) is 31.7 Å².